The fraction of sp³-hybridized carbons (Fsp3) is 0.552. The summed E-state index contributed by atoms with van der Waals surface area (Å²) in [6.45, 7) is 8.37. The zero-order valence-corrected chi connectivity index (χ0v) is 22.9. The van der Waals surface area contributed by atoms with E-state index in [2.05, 4.69) is 10.00 Å². The molecule has 2 aliphatic rings. The minimum atomic E-state index is -4.20. The van der Waals surface area contributed by atoms with Crippen molar-refractivity contribution < 1.29 is 22.8 Å². The van der Waals surface area contributed by atoms with Crippen LogP contribution < -0.4 is 4.90 Å². The molecule has 0 unspecified atom stereocenters. The maximum atomic E-state index is 13.6. The number of aryl methyl sites for hydroxylation is 2. The second kappa shape index (κ2) is 11.0. The molecule has 0 radical (unpaired) electrons. The summed E-state index contributed by atoms with van der Waals surface area (Å²) in [6.07, 6.45) is 1.89. The van der Waals surface area contributed by atoms with Gasteiger partial charge in [-0.2, -0.15) is 18.3 Å². The third kappa shape index (κ3) is 5.87. The average Bonchev–Trinajstić information content (AvgIpc) is 3.22. The molecule has 4 rings (SSSR count). The number of carbonyl (C=O) groups is 2. The van der Waals surface area contributed by atoms with Crippen LogP contribution in [-0.2, 0) is 11.8 Å². The molecule has 2 aromatic rings. The molecule has 1 aliphatic heterocycles. The molecular formula is C29H37F3N4O2. The number of hydrogen-bond acceptors (Lipinski definition) is 5. The van der Waals surface area contributed by atoms with E-state index in [1.54, 1.807) is 10.9 Å². The van der Waals surface area contributed by atoms with Gasteiger partial charge in [-0.1, -0.05) is 11.6 Å². The molecule has 0 spiro atoms. The summed E-state index contributed by atoms with van der Waals surface area (Å²) in [7, 11) is 1.85. The van der Waals surface area contributed by atoms with Gasteiger partial charge in [-0.15, -0.1) is 0 Å². The van der Waals surface area contributed by atoms with Crippen LogP contribution in [0.5, 0.6) is 0 Å². The van der Waals surface area contributed by atoms with Crippen LogP contribution in [0.1, 0.15) is 68.8 Å². The number of nitrogens with zero attached hydrogens (tertiary/aromatic N) is 4. The number of aromatic nitrogens is 2. The van der Waals surface area contributed by atoms with Gasteiger partial charge < -0.3 is 4.90 Å². The molecule has 0 N–H and O–H groups in total. The van der Waals surface area contributed by atoms with E-state index in [-0.39, 0.29) is 24.0 Å². The van der Waals surface area contributed by atoms with Crippen molar-refractivity contribution in [3.63, 3.8) is 0 Å². The van der Waals surface area contributed by atoms with Crippen molar-refractivity contribution in [3.8, 4) is 0 Å². The molecule has 2 heterocycles. The lowest BCUT2D eigenvalue weighted by Gasteiger charge is -2.40. The van der Waals surface area contributed by atoms with Crippen molar-refractivity contribution in [1.82, 2.24) is 14.7 Å². The van der Waals surface area contributed by atoms with Crippen molar-refractivity contribution in [1.29, 1.82) is 0 Å². The lowest BCUT2D eigenvalue weighted by Crippen LogP contribution is -2.47. The Morgan fingerprint density at radius 1 is 1.18 bits per heavy atom. The van der Waals surface area contributed by atoms with E-state index in [1.165, 1.54) is 4.90 Å². The first-order valence-corrected chi connectivity index (χ1v) is 13.3. The monoisotopic (exact) mass is 530 g/mol. The van der Waals surface area contributed by atoms with Gasteiger partial charge in [0.15, 0.2) is 11.6 Å². The van der Waals surface area contributed by atoms with Crippen LogP contribution in [0.25, 0.3) is 10.9 Å². The predicted molar refractivity (Wildman–Crippen MR) is 144 cm³/mol. The highest BCUT2D eigenvalue weighted by Crippen LogP contribution is 2.36. The number of hydrogen-bond donors (Lipinski definition) is 0. The summed E-state index contributed by atoms with van der Waals surface area (Å²) < 4.78 is 40.4. The Balaban J connectivity index is 1.62. The fourth-order valence-electron chi connectivity index (χ4n) is 6.11. The summed E-state index contributed by atoms with van der Waals surface area (Å²) in [4.78, 5) is 29.8. The molecule has 0 saturated carbocycles. The number of rotatable bonds is 8. The van der Waals surface area contributed by atoms with Gasteiger partial charge in [-0.3, -0.25) is 19.2 Å². The normalized spacial score (nSPS) is 17.9. The number of ketones is 2. The van der Waals surface area contributed by atoms with E-state index >= 15 is 0 Å². The Morgan fingerprint density at radius 2 is 1.87 bits per heavy atom. The van der Waals surface area contributed by atoms with Crippen molar-refractivity contribution in [3.05, 3.63) is 46.2 Å². The number of Topliss-reactive ketones (excluding diaryl/α,β-unsaturated/α-hetero) is 2. The van der Waals surface area contributed by atoms with Gasteiger partial charge in [0.05, 0.1) is 18.3 Å². The van der Waals surface area contributed by atoms with Crippen LogP contribution in [0.2, 0.25) is 0 Å². The van der Waals surface area contributed by atoms with Crippen LogP contribution >= 0.6 is 0 Å². The van der Waals surface area contributed by atoms with Crippen LogP contribution in [0.3, 0.4) is 0 Å². The second-order valence-electron chi connectivity index (χ2n) is 10.7. The molecular weight excluding hydrogens is 493 g/mol. The molecule has 1 aliphatic carbocycles. The zero-order valence-electron chi connectivity index (χ0n) is 22.9. The Hall–Kier alpha value is -2.94. The third-order valence-electron chi connectivity index (χ3n) is 7.92. The van der Waals surface area contributed by atoms with Crippen LogP contribution in [0, 0.1) is 6.92 Å². The first kappa shape index (κ1) is 28.1. The molecule has 1 saturated heterocycles. The highest BCUT2D eigenvalue weighted by Gasteiger charge is 2.34. The van der Waals surface area contributed by atoms with Gasteiger partial charge in [0.2, 0.25) is 0 Å². The molecule has 0 atom stereocenters. The van der Waals surface area contributed by atoms with Crippen molar-refractivity contribution in [2.24, 2.45) is 7.05 Å². The van der Waals surface area contributed by atoms with Crippen molar-refractivity contribution in [2.75, 3.05) is 31.1 Å². The number of fused-ring (bicyclic) bond motifs is 1. The van der Waals surface area contributed by atoms with Crippen LogP contribution in [-0.4, -0.2) is 64.6 Å². The van der Waals surface area contributed by atoms with Crippen molar-refractivity contribution >= 4 is 28.2 Å². The van der Waals surface area contributed by atoms with E-state index in [0.717, 1.165) is 38.9 Å². The minimum absolute atomic E-state index is 0.0257. The number of alkyl halides is 3. The molecule has 1 fully saturated rings. The Bertz CT molecular complexity index is 1300. The standard InChI is InChI=1S/C29H37F3N4O2/c1-6-36(21-9-11-35(12-10-21)17-29(30,31)32)25-15-23(20(4)28-24(25)16-33-34(28)5)26(37)8-7-22-19(3)13-18(2)14-27(22)38/h13,15-16,21H,6-12,14,17H2,1-5H3. The number of benzene rings is 1. The van der Waals surface area contributed by atoms with Gasteiger partial charge in [0.25, 0.3) is 0 Å². The number of likely N-dealkylation sites (tertiary alicyclic amines) is 1. The third-order valence-corrected chi connectivity index (χ3v) is 7.92. The van der Waals surface area contributed by atoms with E-state index in [0.29, 0.717) is 50.9 Å². The van der Waals surface area contributed by atoms with E-state index in [1.807, 2.05) is 46.9 Å². The molecule has 1 aromatic carbocycles. The van der Waals surface area contributed by atoms with Gasteiger partial charge >= 0.3 is 6.18 Å². The Labute approximate surface area is 222 Å². The predicted octanol–water partition coefficient (Wildman–Crippen LogP) is 5.93. The smallest absolute Gasteiger partial charge is 0.368 e. The van der Waals surface area contributed by atoms with Gasteiger partial charge in [0, 0.05) is 62.2 Å². The average molecular weight is 531 g/mol. The van der Waals surface area contributed by atoms with Gasteiger partial charge in [-0.05, 0) is 69.7 Å². The summed E-state index contributed by atoms with van der Waals surface area (Å²) in [5.74, 6) is 0.0612. The van der Waals surface area contributed by atoms with E-state index in [9.17, 15) is 22.8 Å². The van der Waals surface area contributed by atoms with E-state index in [4.69, 9.17) is 0 Å². The fourth-order valence-corrected chi connectivity index (χ4v) is 6.11. The number of allylic oxidation sites excluding steroid dienone is 4. The summed E-state index contributed by atoms with van der Waals surface area (Å²) in [5.41, 5.74) is 5.92. The molecule has 0 bridgehead atoms. The highest BCUT2D eigenvalue weighted by atomic mass is 19.4. The number of anilines is 1. The largest absolute Gasteiger partial charge is 0.401 e. The molecule has 38 heavy (non-hydrogen) atoms. The summed E-state index contributed by atoms with van der Waals surface area (Å²) in [5, 5.41) is 5.40. The van der Waals surface area contributed by atoms with Gasteiger partial charge in [0.1, 0.15) is 0 Å². The minimum Gasteiger partial charge on any atom is -0.368 e. The lowest BCUT2D eigenvalue weighted by atomic mass is 9.88. The molecule has 0 amide bonds. The quantitative estimate of drug-likeness (QED) is 0.396. The Kier molecular flexibility index (Phi) is 8.16. The zero-order chi connectivity index (χ0) is 27.8. The summed E-state index contributed by atoms with van der Waals surface area (Å²) >= 11 is 0. The number of piperidine rings is 1. The van der Waals surface area contributed by atoms with Crippen LogP contribution in [0.15, 0.2) is 35.1 Å². The highest BCUT2D eigenvalue weighted by molar-refractivity contribution is 6.07. The molecule has 9 heteroatoms. The lowest BCUT2D eigenvalue weighted by molar-refractivity contribution is -0.147. The van der Waals surface area contributed by atoms with Gasteiger partial charge in [-0.25, -0.2) is 0 Å². The number of halogens is 3. The first-order chi connectivity index (χ1) is 17.9. The SMILES string of the molecule is CCN(c1cc(C(=O)CCC2=C(C)C=C(C)CC2=O)c(C)c2c1cnn2C)C1CCN(CC(F)(F)F)CC1. The summed E-state index contributed by atoms with van der Waals surface area (Å²) in [6, 6.07) is 2.00. The topological polar surface area (TPSA) is 58.4 Å². The maximum Gasteiger partial charge on any atom is 0.401 e. The van der Waals surface area contributed by atoms with Crippen molar-refractivity contribution in [2.45, 2.75) is 72.0 Å². The second-order valence-corrected chi connectivity index (χ2v) is 10.7. The Morgan fingerprint density at radius 3 is 2.47 bits per heavy atom. The molecule has 206 valence electrons. The first-order valence-electron chi connectivity index (χ1n) is 13.3. The molecule has 6 nitrogen and oxygen atoms in total. The van der Waals surface area contributed by atoms with E-state index < -0.39 is 12.7 Å². The van der Waals surface area contributed by atoms with Crippen LogP contribution in [0.4, 0.5) is 18.9 Å². The number of carbonyl (C=O) groups excluding carboxylic acids is 2. The molecule has 1 aromatic heterocycles. The maximum absolute atomic E-state index is 13.6.